The van der Waals surface area contributed by atoms with E-state index in [0.717, 1.165) is 38.1 Å². The molecule has 0 unspecified atom stereocenters. The van der Waals surface area contributed by atoms with Gasteiger partial charge >= 0.3 is 0 Å². The maximum absolute atomic E-state index is 13.8. The molecule has 0 fully saturated rings. The van der Waals surface area contributed by atoms with E-state index in [4.69, 9.17) is 0 Å². The van der Waals surface area contributed by atoms with Gasteiger partial charge in [0.15, 0.2) is 0 Å². The topological polar surface area (TPSA) is 8.17 Å². The van der Waals surface area contributed by atoms with Gasteiger partial charge in [-0.3, -0.25) is 0 Å². The molecule has 7 aromatic rings. The predicted molar refractivity (Wildman–Crippen MR) is 161 cm³/mol. The van der Waals surface area contributed by atoms with Crippen LogP contribution in [-0.2, 0) is 0 Å². The molecule has 0 bridgehead atoms. The quantitative estimate of drug-likeness (QED) is 0.209. The lowest BCUT2D eigenvalue weighted by molar-refractivity contribution is 0.628. The lowest BCUT2D eigenvalue weighted by atomic mass is 10.1. The molecule has 0 atom stereocenters. The number of hydrogen-bond acceptors (Lipinski definition) is 1. The standard InChI is InChI=1S/C34H22BrFN2/c35-25-10-20-34-32(22-25)31-7-3-4-8-33(31)38(34)29-18-16-28(17-19-29)37(27-14-11-26(36)12-15-27)30-13-9-23-5-1-2-6-24(23)21-30/h1-22H. The van der Waals surface area contributed by atoms with E-state index in [1.807, 2.05) is 24.3 Å². The van der Waals surface area contributed by atoms with Crippen molar-refractivity contribution in [2.45, 2.75) is 0 Å². The summed E-state index contributed by atoms with van der Waals surface area (Å²) in [6.45, 7) is 0. The Morgan fingerprint density at radius 1 is 0.526 bits per heavy atom. The number of hydrogen-bond donors (Lipinski definition) is 0. The first-order valence-corrected chi connectivity index (χ1v) is 13.3. The van der Waals surface area contributed by atoms with Crippen LogP contribution in [0.5, 0.6) is 0 Å². The third kappa shape index (κ3) is 3.85. The summed E-state index contributed by atoms with van der Waals surface area (Å²) < 4.78 is 17.2. The zero-order chi connectivity index (χ0) is 25.6. The first-order valence-electron chi connectivity index (χ1n) is 12.5. The Hall–Kier alpha value is -4.41. The van der Waals surface area contributed by atoms with Crippen LogP contribution in [0.1, 0.15) is 0 Å². The van der Waals surface area contributed by atoms with Gasteiger partial charge in [-0.1, -0.05) is 64.5 Å². The number of aromatic nitrogens is 1. The molecular formula is C34H22BrFN2. The highest BCUT2D eigenvalue weighted by atomic mass is 79.9. The summed E-state index contributed by atoms with van der Waals surface area (Å²) in [4.78, 5) is 2.17. The van der Waals surface area contributed by atoms with Gasteiger partial charge in [-0.15, -0.1) is 0 Å². The average molecular weight is 557 g/mol. The van der Waals surface area contributed by atoms with Gasteiger partial charge in [-0.2, -0.15) is 0 Å². The molecule has 0 spiro atoms. The predicted octanol–water partition coefficient (Wildman–Crippen LogP) is 10.3. The Kier molecular flexibility index (Phi) is 5.49. The Morgan fingerprint density at radius 3 is 1.95 bits per heavy atom. The fourth-order valence-corrected chi connectivity index (χ4v) is 5.69. The first kappa shape index (κ1) is 22.8. The van der Waals surface area contributed by atoms with Crippen LogP contribution in [0.2, 0.25) is 0 Å². The minimum atomic E-state index is -0.249. The van der Waals surface area contributed by atoms with Crippen molar-refractivity contribution in [2.75, 3.05) is 4.90 Å². The Labute approximate surface area is 228 Å². The highest BCUT2D eigenvalue weighted by Gasteiger charge is 2.16. The normalized spacial score (nSPS) is 11.4. The average Bonchev–Trinajstić information content (AvgIpc) is 3.28. The third-order valence-electron chi connectivity index (χ3n) is 7.08. The summed E-state index contributed by atoms with van der Waals surface area (Å²) in [5, 5.41) is 4.77. The van der Waals surface area contributed by atoms with Gasteiger partial charge in [0.2, 0.25) is 0 Å². The van der Waals surface area contributed by atoms with E-state index in [0.29, 0.717) is 0 Å². The highest BCUT2D eigenvalue weighted by molar-refractivity contribution is 9.10. The van der Waals surface area contributed by atoms with Crippen molar-refractivity contribution < 1.29 is 4.39 Å². The molecule has 0 amide bonds. The van der Waals surface area contributed by atoms with Crippen LogP contribution in [0.15, 0.2) is 138 Å². The van der Waals surface area contributed by atoms with Crippen molar-refractivity contribution in [3.63, 3.8) is 0 Å². The number of nitrogens with zero attached hydrogens (tertiary/aromatic N) is 2. The van der Waals surface area contributed by atoms with E-state index in [9.17, 15) is 4.39 Å². The van der Waals surface area contributed by atoms with Gasteiger partial charge in [0.1, 0.15) is 5.82 Å². The smallest absolute Gasteiger partial charge is 0.123 e. The number of rotatable bonds is 4. The minimum absolute atomic E-state index is 0.249. The van der Waals surface area contributed by atoms with Crippen LogP contribution in [0.4, 0.5) is 21.5 Å². The molecule has 0 aliphatic rings. The van der Waals surface area contributed by atoms with Gasteiger partial charge in [0.05, 0.1) is 11.0 Å². The van der Waals surface area contributed by atoms with Crippen molar-refractivity contribution in [2.24, 2.45) is 0 Å². The molecule has 6 aromatic carbocycles. The maximum atomic E-state index is 13.8. The molecule has 4 heteroatoms. The van der Waals surface area contributed by atoms with Gasteiger partial charge in [0.25, 0.3) is 0 Å². The second kappa shape index (κ2) is 9.16. The first-order chi connectivity index (χ1) is 18.7. The lowest BCUT2D eigenvalue weighted by Crippen LogP contribution is -2.10. The van der Waals surface area contributed by atoms with Crippen LogP contribution in [-0.4, -0.2) is 4.57 Å². The van der Waals surface area contributed by atoms with Crippen molar-refractivity contribution >= 4 is 65.6 Å². The van der Waals surface area contributed by atoms with E-state index >= 15 is 0 Å². The van der Waals surface area contributed by atoms with Crippen molar-refractivity contribution in [1.29, 1.82) is 0 Å². The second-order valence-electron chi connectivity index (χ2n) is 9.37. The number of anilines is 3. The fraction of sp³-hybridized carbons (Fsp3) is 0. The van der Waals surface area contributed by atoms with Gasteiger partial charge in [-0.05, 0) is 95.7 Å². The largest absolute Gasteiger partial charge is 0.310 e. The Morgan fingerprint density at radius 2 is 1.16 bits per heavy atom. The second-order valence-corrected chi connectivity index (χ2v) is 10.3. The molecule has 2 nitrogen and oxygen atoms in total. The SMILES string of the molecule is Fc1ccc(N(c2ccc(-n3c4ccccc4c4cc(Br)ccc43)cc2)c2ccc3ccccc3c2)cc1. The monoisotopic (exact) mass is 556 g/mol. The van der Waals surface area contributed by atoms with Crippen LogP contribution < -0.4 is 4.90 Å². The van der Waals surface area contributed by atoms with Gasteiger partial charge in [0, 0.05) is 38.0 Å². The molecule has 1 aromatic heterocycles. The molecule has 0 aliphatic carbocycles. The molecule has 0 N–H and O–H groups in total. The van der Waals surface area contributed by atoms with Gasteiger partial charge < -0.3 is 9.47 Å². The number of fused-ring (bicyclic) bond motifs is 4. The minimum Gasteiger partial charge on any atom is -0.310 e. The van der Waals surface area contributed by atoms with E-state index in [2.05, 4.69) is 122 Å². The molecule has 0 saturated heterocycles. The van der Waals surface area contributed by atoms with E-state index in [1.165, 1.54) is 33.8 Å². The summed E-state index contributed by atoms with van der Waals surface area (Å²) in [6, 6.07) is 44.9. The number of halogens is 2. The van der Waals surface area contributed by atoms with E-state index in [1.54, 1.807) is 0 Å². The van der Waals surface area contributed by atoms with Crippen LogP contribution in [0.3, 0.4) is 0 Å². The van der Waals surface area contributed by atoms with E-state index in [-0.39, 0.29) is 5.82 Å². The number of para-hydroxylation sites is 1. The fourth-order valence-electron chi connectivity index (χ4n) is 5.33. The zero-order valence-corrected chi connectivity index (χ0v) is 21.9. The highest BCUT2D eigenvalue weighted by Crippen LogP contribution is 2.38. The summed E-state index contributed by atoms with van der Waals surface area (Å²) in [6.07, 6.45) is 0. The molecule has 38 heavy (non-hydrogen) atoms. The molecule has 1 heterocycles. The van der Waals surface area contributed by atoms with E-state index < -0.39 is 0 Å². The number of benzene rings is 6. The maximum Gasteiger partial charge on any atom is 0.123 e. The van der Waals surface area contributed by atoms with Crippen LogP contribution >= 0.6 is 15.9 Å². The van der Waals surface area contributed by atoms with Crippen molar-refractivity contribution in [3.05, 3.63) is 144 Å². The third-order valence-corrected chi connectivity index (χ3v) is 7.57. The molecular weight excluding hydrogens is 535 g/mol. The van der Waals surface area contributed by atoms with Crippen LogP contribution in [0.25, 0.3) is 38.3 Å². The van der Waals surface area contributed by atoms with Crippen LogP contribution in [0, 0.1) is 5.82 Å². The molecule has 0 aliphatic heterocycles. The molecule has 0 saturated carbocycles. The molecule has 7 rings (SSSR count). The summed E-state index contributed by atoms with van der Waals surface area (Å²) in [5.74, 6) is -0.249. The van der Waals surface area contributed by atoms with Crippen molar-refractivity contribution in [1.82, 2.24) is 4.57 Å². The Bertz CT molecular complexity index is 1940. The Balaban J connectivity index is 1.38. The molecule has 182 valence electrons. The van der Waals surface area contributed by atoms with Gasteiger partial charge in [-0.25, -0.2) is 4.39 Å². The summed E-state index contributed by atoms with van der Waals surface area (Å²) in [7, 11) is 0. The lowest BCUT2D eigenvalue weighted by Gasteiger charge is -2.26. The summed E-state index contributed by atoms with van der Waals surface area (Å²) >= 11 is 3.63. The van der Waals surface area contributed by atoms with Crippen molar-refractivity contribution in [3.8, 4) is 5.69 Å². The summed E-state index contributed by atoms with van der Waals surface area (Å²) in [5.41, 5.74) is 6.32. The zero-order valence-electron chi connectivity index (χ0n) is 20.4. The molecule has 0 radical (unpaired) electrons.